The first-order valence-corrected chi connectivity index (χ1v) is 5.25. The summed E-state index contributed by atoms with van der Waals surface area (Å²) in [5, 5.41) is 10.9. The molecule has 2 aromatic heterocycles. The van der Waals surface area contributed by atoms with Gasteiger partial charge in [0.15, 0.2) is 5.82 Å². The van der Waals surface area contributed by atoms with Crippen molar-refractivity contribution in [2.24, 2.45) is 0 Å². The van der Waals surface area contributed by atoms with Crippen LogP contribution in [0.2, 0.25) is 0 Å². The number of nitrogen functional groups attached to an aromatic ring is 1. The summed E-state index contributed by atoms with van der Waals surface area (Å²) in [6.07, 6.45) is 1.82. The van der Waals surface area contributed by atoms with Gasteiger partial charge in [0.1, 0.15) is 0 Å². The molecule has 15 heavy (non-hydrogen) atoms. The highest BCUT2D eigenvalue weighted by Crippen LogP contribution is 2.14. The molecule has 0 saturated heterocycles. The maximum Gasteiger partial charge on any atom is 0.230 e. The number of nitrogens with two attached hydrogens (primary N) is 1. The van der Waals surface area contributed by atoms with Crippen LogP contribution in [0.4, 0.5) is 11.5 Å². The van der Waals surface area contributed by atoms with Crippen LogP contribution in [0.3, 0.4) is 0 Å². The number of aromatic nitrogens is 2. The van der Waals surface area contributed by atoms with Gasteiger partial charge in [0.2, 0.25) is 5.91 Å². The van der Waals surface area contributed by atoms with Crippen LogP contribution in [0.1, 0.15) is 4.88 Å². The lowest BCUT2D eigenvalue weighted by atomic mass is 10.3. The van der Waals surface area contributed by atoms with Crippen LogP contribution in [-0.2, 0) is 11.2 Å². The standard InChI is InChI=1S/C9H10N4OS/c10-7-5-11-13-9(7)12-8(14)4-6-2-1-3-15-6/h1-3,5H,4,10H2,(H2,11,12,13,14). The molecule has 78 valence electrons. The van der Waals surface area contributed by atoms with Gasteiger partial charge in [-0.3, -0.25) is 9.89 Å². The molecule has 0 aliphatic carbocycles. The van der Waals surface area contributed by atoms with Gasteiger partial charge in [-0.05, 0) is 11.4 Å². The van der Waals surface area contributed by atoms with Crippen LogP contribution in [0.25, 0.3) is 0 Å². The highest BCUT2D eigenvalue weighted by molar-refractivity contribution is 7.10. The summed E-state index contributed by atoms with van der Waals surface area (Å²) < 4.78 is 0. The predicted molar refractivity (Wildman–Crippen MR) is 59.7 cm³/mol. The summed E-state index contributed by atoms with van der Waals surface area (Å²) in [5.41, 5.74) is 6.00. The van der Waals surface area contributed by atoms with Crippen LogP contribution in [0, 0.1) is 0 Å². The van der Waals surface area contributed by atoms with Crippen molar-refractivity contribution in [3.05, 3.63) is 28.6 Å². The van der Waals surface area contributed by atoms with Crippen molar-refractivity contribution in [3.8, 4) is 0 Å². The van der Waals surface area contributed by atoms with Gasteiger partial charge >= 0.3 is 0 Å². The first kappa shape index (κ1) is 9.72. The Balaban J connectivity index is 1.96. The van der Waals surface area contributed by atoms with Crippen molar-refractivity contribution < 1.29 is 4.79 Å². The van der Waals surface area contributed by atoms with Gasteiger partial charge in [0.25, 0.3) is 0 Å². The number of amides is 1. The fourth-order valence-electron chi connectivity index (χ4n) is 1.15. The molecule has 0 fully saturated rings. The van der Waals surface area contributed by atoms with Crippen molar-refractivity contribution in [2.45, 2.75) is 6.42 Å². The Morgan fingerprint density at radius 2 is 2.53 bits per heavy atom. The Kier molecular flexibility index (Phi) is 2.68. The summed E-state index contributed by atoms with van der Waals surface area (Å²) in [5.74, 6) is 0.352. The molecule has 0 aliphatic heterocycles. The number of aromatic amines is 1. The molecular formula is C9H10N4OS. The van der Waals surface area contributed by atoms with E-state index < -0.39 is 0 Å². The van der Waals surface area contributed by atoms with Crippen molar-refractivity contribution in [1.82, 2.24) is 10.2 Å². The minimum Gasteiger partial charge on any atom is -0.394 e. The Morgan fingerprint density at radius 1 is 1.67 bits per heavy atom. The van der Waals surface area contributed by atoms with E-state index in [1.54, 1.807) is 11.3 Å². The molecular weight excluding hydrogens is 212 g/mol. The van der Waals surface area contributed by atoms with Gasteiger partial charge < -0.3 is 11.1 Å². The van der Waals surface area contributed by atoms with E-state index >= 15 is 0 Å². The SMILES string of the molecule is Nc1cn[nH]c1NC(=O)Cc1cccs1. The van der Waals surface area contributed by atoms with Gasteiger partial charge in [-0.25, -0.2) is 0 Å². The summed E-state index contributed by atoms with van der Waals surface area (Å²) >= 11 is 1.55. The Bertz CT molecular complexity index is 448. The molecule has 6 heteroatoms. The lowest BCUT2D eigenvalue weighted by molar-refractivity contribution is -0.115. The molecule has 0 atom stereocenters. The van der Waals surface area contributed by atoms with Crippen molar-refractivity contribution in [2.75, 3.05) is 11.1 Å². The predicted octanol–water partition coefficient (Wildman–Crippen LogP) is 1.23. The number of hydrogen-bond acceptors (Lipinski definition) is 4. The Labute approximate surface area is 90.3 Å². The van der Waals surface area contributed by atoms with E-state index in [1.165, 1.54) is 6.20 Å². The first-order valence-electron chi connectivity index (χ1n) is 4.37. The second-order valence-corrected chi connectivity index (χ2v) is 4.04. The van der Waals surface area contributed by atoms with Crippen molar-refractivity contribution >= 4 is 28.7 Å². The largest absolute Gasteiger partial charge is 0.394 e. The zero-order chi connectivity index (χ0) is 10.7. The zero-order valence-electron chi connectivity index (χ0n) is 7.86. The fraction of sp³-hybridized carbons (Fsp3) is 0.111. The molecule has 4 N–H and O–H groups in total. The van der Waals surface area contributed by atoms with Crippen LogP contribution in [-0.4, -0.2) is 16.1 Å². The Hall–Kier alpha value is -1.82. The minimum absolute atomic E-state index is 0.103. The van der Waals surface area contributed by atoms with Gasteiger partial charge in [-0.1, -0.05) is 6.07 Å². The number of nitrogens with one attached hydrogen (secondary N) is 2. The van der Waals surface area contributed by atoms with Gasteiger partial charge in [-0.2, -0.15) is 5.10 Å². The average Bonchev–Trinajstić information content (AvgIpc) is 2.79. The second-order valence-electron chi connectivity index (χ2n) is 3.00. The highest BCUT2D eigenvalue weighted by atomic mass is 32.1. The number of rotatable bonds is 3. The third-order valence-corrected chi connectivity index (χ3v) is 2.72. The summed E-state index contributed by atoms with van der Waals surface area (Å²) in [6, 6.07) is 3.83. The zero-order valence-corrected chi connectivity index (χ0v) is 8.67. The molecule has 0 saturated carbocycles. The quantitative estimate of drug-likeness (QED) is 0.730. The lowest BCUT2D eigenvalue weighted by Gasteiger charge is -2.01. The number of nitrogens with zero attached hydrogens (tertiary/aromatic N) is 1. The molecule has 2 heterocycles. The van der Waals surface area contributed by atoms with E-state index in [2.05, 4.69) is 15.5 Å². The highest BCUT2D eigenvalue weighted by Gasteiger charge is 2.07. The maximum atomic E-state index is 11.5. The van der Waals surface area contributed by atoms with Gasteiger partial charge in [0.05, 0.1) is 18.3 Å². The summed E-state index contributed by atoms with van der Waals surface area (Å²) in [7, 11) is 0. The number of thiophene rings is 1. The topological polar surface area (TPSA) is 83.8 Å². The average molecular weight is 222 g/mol. The van der Waals surface area contributed by atoms with E-state index in [4.69, 9.17) is 5.73 Å². The smallest absolute Gasteiger partial charge is 0.230 e. The van der Waals surface area contributed by atoms with Crippen molar-refractivity contribution in [3.63, 3.8) is 0 Å². The van der Waals surface area contributed by atoms with Crippen LogP contribution in [0.5, 0.6) is 0 Å². The molecule has 1 amide bonds. The number of hydrogen-bond donors (Lipinski definition) is 3. The van der Waals surface area contributed by atoms with Crippen LogP contribution < -0.4 is 11.1 Å². The molecule has 0 spiro atoms. The lowest BCUT2D eigenvalue weighted by Crippen LogP contribution is -2.14. The molecule has 2 aromatic rings. The molecule has 0 bridgehead atoms. The van der Waals surface area contributed by atoms with E-state index in [-0.39, 0.29) is 5.91 Å². The fourth-order valence-corrected chi connectivity index (χ4v) is 1.85. The third kappa shape index (κ3) is 2.35. The van der Waals surface area contributed by atoms with E-state index in [9.17, 15) is 4.79 Å². The first-order chi connectivity index (χ1) is 7.25. The molecule has 0 aromatic carbocycles. The third-order valence-electron chi connectivity index (χ3n) is 1.85. The minimum atomic E-state index is -0.103. The molecule has 0 aliphatic rings. The van der Waals surface area contributed by atoms with Crippen molar-refractivity contribution in [1.29, 1.82) is 0 Å². The van der Waals surface area contributed by atoms with E-state index in [0.29, 0.717) is 17.9 Å². The van der Waals surface area contributed by atoms with Crippen LogP contribution >= 0.6 is 11.3 Å². The maximum absolute atomic E-state index is 11.5. The van der Waals surface area contributed by atoms with Gasteiger partial charge in [-0.15, -0.1) is 11.3 Å². The number of carbonyl (C=O) groups is 1. The Morgan fingerprint density at radius 3 is 3.13 bits per heavy atom. The van der Waals surface area contributed by atoms with E-state index in [1.807, 2.05) is 17.5 Å². The number of anilines is 2. The molecule has 0 unspecified atom stereocenters. The monoisotopic (exact) mass is 222 g/mol. The molecule has 5 nitrogen and oxygen atoms in total. The van der Waals surface area contributed by atoms with E-state index in [0.717, 1.165) is 4.88 Å². The normalized spacial score (nSPS) is 10.1. The second kappa shape index (κ2) is 4.14. The van der Waals surface area contributed by atoms with Crippen LogP contribution in [0.15, 0.2) is 23.7 Å². The number of H-pyrrole nitrogens is 1. The molecule has 2 rings (SSSR count). The van der Waals surface area contributed by atoms with Gasteiger partial charge in [0, 0.05) is 4.88 Å². The molecule has 0 radical (unpaired) electrons. The summed E-state index contributed by atoms with van der Waals surface area (Å²) in [4.78, 5) is 12.5. The summed E-state index contributed by atoms with van der Waals surface area (Å²) in [6.45, 7) is 0. The number of carbonyl (C=O) groups excluding carboxylic acids is 1.